The zero-order valence-electron chi connectivity index (χ0n) is 46.9. The number of carboxylic acid groups (broad SMARTS) is 1. The summed E-state index contributed by atoms with van der Waals surface area (Å²) in [6.07, 6.45) is 1.23. The van der Waals surface area contributed by atoms with Crippen molar-refractivity contribution in [2.45, 2.75) is 146 Å². The smallest absolute Gasteiger partial charge is 0.246 e. The van der Waals surface area contributed by atoms with E-state index in [-0.39, 0.29) is 56.4 Å². The Balaban J connectivity index is 1.46. The number of hydrogen-bond donors (Lipinski definition) is 10. The van der Waals surface area contributed by atoms with Crippen LogP contribution < -0.4 is 63.2 Å². The number of primary amides is 1. The topological polar surface area (TPSA) is 395 Å². The van der Waals surface area contributed by atoms with Crippen LogP contribution in [0.2, 0.25) is 5.02 Å². The van der Waals surface area contributed by atoms with E-state index >= 15 is 0 Å². The molecule has 4 aromatic rings. The molecule has 0 aliphatic heterocycles. The number of amides is 9. The molecule has 9 amide bonds. The Hall–Kier alpha value is -7.31. The van der Waals surface area contributed by atoms with Crippen LogP contribution in [0.5, 0.6) is 0 Å². The molecule has 5 rings (SSSR count). The van der Waals surface area contributed by atoms with E-state index in [1.165, 1.54) is 56.8 Å². The van der Waals surface area contributed by atoms with Crippen LogP contribution in [0.25, 0.3) is 10.9 Å². The lowest BCUT2D eigenvalue weighted by Gasteiger charge is -2.31. The van der Waals surface area contributed by atoms with Crippen molar-refractivity contribution < 1.29 is 67.4 Å². The van der Waals surface area contributed by atoms with Crippen molar-refractivity contribution in [1.29, 1.82) is 0 Å². The lowest BCUT2D eigenvalue weighted by atomic mass is 9.98. The number of halogens is 1. The fourth-order valence-electron chi connectivity index (χ4n) is 9.02. The number of fused-ring (bicyclic) bond motifs is 1. The average Bonchev–Trinajstić information content (AvgIpc) is 2.77. The van der Waals surface area contributed by atoms with Crippen LogP contribution in [0, 0.1) is 5.92 Å². The Morgan fingerprint density at radius 3 is 1.81 bits per heavy atom. The maximum Gasteiger partial charge on any atom is 0.246 e. The van der Waals surface area contributed by atoms with Gasteiger partial charge in [0.15, 0.2) is 0 Å². The SMILES string of the molecule is CSCC[C@H](NC(=O)[C@H](Cc1ccccc1)NC(C)=O)C(=O)NC(C)(C)C(=O)N[C@@H](Cc1ccc(CP(=O)([O-])[O-])cc1)C(=O)N[C@@H](Cc1c[nH]c2cc(Cl)ccc12)C(=O)N[C@@H](CCC(=O)[O-])C(=O)NC1(C(=O)N[C@@H](CC(C)C)C(N)=O)CC1. The number of aliphatic carboxylic acids is 1. The van der Waals surface area contributed by atoms with Crippen molar-refractivity contribution in [3.05, 3.63) is 106 Å². The second-order valence-corrected chi connectivity index (χ2v) is 24.5. The molecule has 11 N–H and O–H groups in total. The van der Waals surface area contributed by atoms with E-state index in [0.717, 1.165) is 5.56 Å². The number of aromatic amines is 1. The summed E-state index contributed by atoms with van der Waals surface area (Å²) in [5.74, 6) is -8.65. The molecule has 1 aliphatic carbocycles. The number of H-pyrrole nitrogens is 1. The van der Waals surface area contributed by atoms with Crippen LogP contribution in [-0.2, 0) is 77.9 Å². The second-order valence-electron chi connectivity index (χ2n) is 21.6. The van der Waals surface area contributed by atoms with Gasteiger partial charge in [0.1, 0.15) is 47.3 Å². The Bertz CT molecular complexity index is 3060. The van der Waals surface area contributed by atoms with E-state index < -0.39 is 133 Å². The van der Waals surface area contributed by atoms with Crippen LogP contribution in [0.4, 0.5) is 0 Å². The summed E-state index contributed by atoms with van der Waals surface area (Å²) >= 11 is 7.65. The molecular weight excluding hydrogens is 1140 g/mol. The molecule has 1 aromatic heterocycles. The zero-order valence-corrected chi connectivity index (χ0v) is 49.3. The molecule has 24 nitrogen and oxygen atoms in total. The van der Waals surface area contributed by atoms with E-state index in [1.54, 1.807) is 61.0 Å². The summed E-state index contributed by atoms with van der Waals surface area (Å²) in [6.45, 7) is 7.56. The number of nitrogens with two attached hydrogens (primary N) is 1. The minimum atomic E-state index is -5.00. The highest BCUT2D eigenvalue weighted by Crippen LogP contribution is 2.36. The molecule has 0 radical (unpaired) electrons. The van der Waals surface area contributed by atoms with Gasteiger partial charge >= 0.3 is 0 Å². The Labute approximate surface area is 489 Å². The first-order valence-corrected chi connectivity index (χ1v) is 30.3. The summed E-state index contributed by atoms with van der Waals surface area (Å²) < 4.78 is 11.6. The lowest BCUT2D eigenvalue weighted by molar-refractivity contribution is -0.314. The molecule has 1 fully saturated rings. The quantitative estimate of drug-likeness (QED) is 0.0277. The molecule has 83 heavy (non-hydrogen) atoms. The van der Waals surface area contributed by atoms with E-state index in [4.69, 9.17) is 17.3 Å². The van der Waals surface area contributed by atoms with Crippen molar-refractivity contribution in [3.8, 4) is 0 Å². The molecule has 1 aliphatic rings. The normalized spacial score (nSPS) is 15.0. The highest BCUT2D eigenvalue weighted by atomic mass is 35.5. The number of carboxylic acids is 1. The first kappa shape index (κ1) is 66.5. The molecule has 0 saturated heterocycles. The van der Waals surface area contributed by atoms with Crippen molar-refractivity contribution in [2.75, 3.05) is 12.0 Å². The minimum absolute atomic E-state index is 0.0489. The van der Waals surface area contributed by atoms with Crippen molar-refractivity contribution in [1.82, 2.24) is 47.5 Å². The summed E-state index contributed by atoms with van der Waals surface area (Å²) in [4.78, 5) is 162. The van der Waals surface area contributed by atoms with Crippen LogP contribution in [0.3, 0.4) is 0 Å². The third-order valence-corrected chi connectivity index (χ3v) is 15.3. The maximum absolute atomic E-state index is 14.9. The highest BCUT2D eigenvalue weighted by Gasteiger charge is 2.52. The predicted molar refractivity (Wildman–Crippen MR) is 304 cm³/mol. The number of carbonyl (C=O) groups excluding carboxylic acids is 10. The Morgan fingerprint density at radius 2 is 1.27 bits per heavy atom. The number of aromatic nitrogens is 1. The van der Waals surface area contributed by atoms with Gasteiger partial charge in [0.25, 0.3) is 0 Å². The molecule has 6 atom stereocenters. The Kier molecular flexibility index (Phi) is 23.9. The van der Waals surface area contributed by atoms with Gasteiger partial charge in [-0.3, -0.25) is 43.2 Å². The lowest BCUT2D eigenvalue weighted by Crippen LogP contribution is -2.63. The second kappa shape index (κ2) is 29.8. The number of rotatable bonds is 32. The summed E-state index contributed by atoms with van der Waals surface area (Å²) in [5, 5.41) is 33.8. The first-order valence-electron chi connectivity index (χ1n) is 26.8. The van der Waals surface area contributed by atoms with Gasteiger partial charge in [0.05, 0.1) is 0 Å². The molecule has 3 aromatic carbocycles. The standard InChI is InChI=1S/C56H74ClN10O14PS/c1-31(2)24-42(47(58)71)64-54(78)56(21-22-56)67-52(76)39(18-19-46(69)70)61-50(74)45(27-36-29-59-41-28-37(57)16-17-38(36)41)63-49(73)44(26-34-12-14-35(15-13-34)30-82(79,80)81)65-53(77)55(4,5)66-51(75)40(20-23-83-6)62-48(72)43(60-32(3)68)25-33-10-8-7-9-11-33/h7-17,28-29,31,39-40,42-45,59H,18-27,30H2,1-6H3,(H2,58,71)(H,60,68)(H,61,74)(H,62,72)(H,63,73)(H,64,78)(H,65,77)(H,66,75)(H,67,76)(H,69,70)(H2,79,80,81)/p-3/t39-,40-,42-,43-,44-,45-/m0/s1. The molecular formula is C56H71ClN10O14PS-3. The molecule has 0 bridgehead atoms. The van der Waals surface area contributed by atoms with E-state index in [2.05, 4.69) is 47.5 Å². The van der Waals surface area contributed by atoms with Gasteiger partial charge < -0.3 is 77.5 Å². The third-order valence-electron chi connectivity index (χ3n) is 13.6. The van der Waals surface area contributed by atoms with Crippen LogP contribution >= 0.6 is 31.0 Å². The zero-order chi connectivity index (χ0) is 61.4. The fourth-order valence-corrected chi connectivity index (χ4v) is 10.3. The summed E-state index contributed by atoms with van der Waals surface area (Å²) in [6, 6.07) is 11.0. The van der Waals surface area contributed by atoms with E-state index in [0.29, 0.717) is 32.8 Å². The molecule has 0 spiro atoms. The number of thioether (sulfide) groups is 1. The molecule has 1 heterocycles. The highest BCUT2D eigenvalue weighted by molar-refractivity contribution is 7.98. The van der Waals surface area contributed by atoms with Gasteiger partial charge in [-0.1, -0.05) is 93.7 Å². The largest absolute Gasteiger partial charge is 0.810 e. The first-order chi connectivity index (χ1) is 39.0. The van der Waals surface area contributed by atoms with Gasteiger partial charge in [-0.15, -0.1) is 0 Å². The van der Waals surface area contributed by atoms with Crippen molar-refractivity contribution >= 4 is 101 Å². The predicted octanol–water partition coefficient (Wildman–Crippen LogP) is -0.450. The fraction of sp³-hybridized carbons (Fsp3) is 0.464. The number of benzene rings is 3. The van der Waals surface area contributed by atoms with Gasteiger partial charge in [0.2, 0.25) is 53.2 Å². The van der Waals surface area contributed by atoms with Crippen LogP contribution in [-0.4, -0.2) is 123 Å². The molecule has 450 valence electrons. The van der Waals surface area contributed by atoms with Gasteiger partial charge in [-0.05, 0) is 105 Å². The van der Waals surface area contributed by atoms with Crippen LogP contribution in [0.1, 0.15) is 95.4 Å². The van der Waals surface area contributed by atoms with E-state index in [9.17, 15) is 67.4 Å². The molecule has 0 unspecified atom stereocenters. The third kappa shape index (κ3) is 20.8. The Morgan fingerprint density at radius 1 is 0.711 bits per heavy atom. The van der Waals surface area contributed by atoms with Crippen molar-refractivity contribution in [3.63, 3.8) is 0 Å². The number of hydrogen-bond acceptors (Lipinski definition) is 15. The number of carbonyl (C=O) groups is 10. The van der Waals surface area contributed by atoms with E-state index in [1.807, 2.05) is 13.8 Å². The summed E-state index contributed by atoms with van der Waals surface area (Å²) in [7, 11) is -5.00. The average molecular weight is 1210 g/mol. The van der Waals surface area contributed by atoms with Gasteiger partial charge in [-0.2, -0.15) is 11.8 Å². The monoisotopic (exact) mass is 1210 g/mol. The minimum Gasteiger partial charge on any atom is -0.810 e. The summed E-state index contributed by atoms with van der Waals surface area (Å²) in [5.41, 5.74) is 4.36. The van der Waals surface area contributed by atoms with Gasteiger partial charge in [0, 0.05) is 60.4 Å². The number of nitrogens with one attached hydrogen (secondary N) is 9. The van der Waals surface area contributed by atoms with Crippen LogP contribution in [0.15, 0.2) is 79.0 Å². The van der Waals surface area contributed by atoms with Crippen molar-refractivity contribution in [2.24, 2.45) is 11.7 Å². The molecule has 1 saturated carbocycles. The van der Waals surface area contributed by atoms with Gasteiger partial charge in [-0.25, -0.2) is 0 Å². The molecule has 27 heteroatoms. The maximum atomic E-state index is 14.9.